The van der Waals surface area contributed by atoms with E-state index in [2.05, 4.69) is 15.9 Å². The van der Waals surface area contributed by atoms with Gasteiger partial charge in [-0.15, -0.1) is 0 Å². The molecule has 0 aliphatic rings. The van der Waals surface area contributed by atoms with E-state index in [-0.39, 0.29) is 5.91 Å². The van der Waals surface area contributed by atoms with Crippen molar-refractivity contribution in [1.29, 1.82) is 0 Å². The number of halogens is 1. The molecule has 2 aromatic rings. The summed E-state index contributed by atoms with van der Waals surface area (Å²) in [6.07, 6.45) is 0. The summed E-state index contributed by atoms with van der Waals surface area (Å²) < 4.78 is 1.03. The lowest BCUT2D eigenvalue weighted by Gasteiger charge is -2.19. The van der Waals surface area contributed by atoms with Crippen LogP contribution in [0.3, 0.4) is 0 Å². The quantitative estimate of drug-likeness (QED) is 0.872. The largest absolute Gasteiger partial charge is 0.399 e. The Labute approximate surface area is 127 Å². The van der Waals surface area contributed by atoms with Crippen molar-refractivity contribution in [2.75, 3.05) is 12.8 Å². The van der Waals surface area contributed by atoms with Crippen LogP contribution in [0.1, 0.15) is 21.5 Å². The Bertz CT molecular complexity index is 623. The van der Waals surface area contributed by atoms with Crippen LogP contribution in [-0.2, 0) is 6.54 Å². The molecule has 0 saturated heterocycles. The molecule has 0 aliphatic heterocycles. The van der Waals surface area contributed by atoms with Crippen molar-refractivity contribution in [1.82, 2.24) is 4.90 Å². The van der Waals surface area contributed by atoms with E-state index in [0.29, 0.717) is 17.8 Å². The molecule has 104 valence electrons. The Balaban J connectivity index is 2.16. The van der Waals surface area contributed by atoms with Crippen LogP contribution in [0.15, 0.2) is 46.9 Å². The number of carbonyl (C=O) groups excluding carboxylic acids is 1. The SMILES string of the molecule is Cc1ccc(N)cc1C(=O)N(C)Cc1ccc(Br)cc1. The fourth-order valence-electron chi connectivity index (χ4n) is 2.01. The van der Waals surface area contributed by atoms with E-state index in [1.165, 1.54) is 0 Å². The van der Waals surface area contributed by atoms with Crippen LogP contribution in [0.2, 0.25) is 0 Å². The minimum absolute atomic E-state index is 0.0160. The van der Waals surface area contributed by atoms with E-state index >= 15 is 0 Å². The molecule has 0 aromatic heterocycles. The molecule has 4 heteroatoms. The molecule has 0 atom stereocenters. The molecule has 0 radical (unpaired) electrons. The number of rotatable bonds is 3. The molecule has 20 heavy (non-hydrogen) atoms. The van der Waals surface area contributed by atoms with Gasteiger partial charge in [0.05, 0.1) is 0 Å². The van der Waals surface area contributed by atoms with Gasteiger partial charge in [-0.05, 0) is 42.3 Å². The van der Waals surface area contributed by atoms with Crippen molar-refractivity contribution in [3.63, 3.8) is 0 Å². The third-order valence-corrected chi connectivity index (χ3v) is 3.70. The van der Waals surface area contributed by atoms with Gasteiger partial charge in [0.25, 0.3) is 5.91 Å². The molecule has 3 nitrogen and oxygen atoms in total. The molecule has 0 aliphatic carbocycles. The van der Waals surface area contributed by atoms with Crippen molar-refractivity contribution < 1.29 is 4.79 Å². The normalized spacial score (nSPS) is 10.3. The second-order valence-electron chi connectivity index (χ2n) is 4.86. The van der Waals surface area contributed by atoms with Crippen LogP contribution in [0, 0.1) is 6.92 Å². The van der Waals surface area contributed by atoms with E-state index in [9.17, 15) is 4.79 Å². The summed E-state index contributed by atoms with van der Waals surface area (Å²) in [5, 5.41) is 0. The molecule has 2 N–H and O–H groups in total. The first-order chi connectivity index (χ1) is 9.47. The number of nitrogens with zero attached hydrogens (tertiary/aromatic N) is 1. The highest BCUT2D eigenvalue weighted by atomic mass is 79.9. The second-order valence-corrected chi connectivity index (χ2v) is 5.78. The van der Waals surface area contributed by atoms with Crippen molar-refractivity contribution >= 4 is 27.5 Å². The number of hydrogen-bond donors (Lipinski definition) is 1. The van der Waals surface area contributed by atoms with Crippen LogP contribution in [0.5, 0.6) is 0 Å². The first kappa shape index (κ1) is 14.6. The van der Waals surface area contributed by atoms with Gasteiger partial charge in [-0.1, -0.05) is 34.1 Å². The van der Waals surface area contributed by atoms with E-state index in [1.54, 1.807) is 24.1 Å². The molecule has 2 aromatic carbocycles. The predicted molar refractivity (Wildman–Crippen MR) is 85.5 cm³/mol. The number of nitrogen functional groups attached to an aromatic ring is 1. The summed E-state index contributed by atoms with van der Waals surface area (Å²) in [4.78, 5) is 14.1. The minimum Gasteiger partial charge on any atom is -0.399 e. The molecule has 0 fully saturated rings. The number of amides is 1. The van der Waals surface area contributed by atoms with Crippen LogP contribution < -0.4 is 5.73 Å². The molecule has 0 unspecified atom stereocenters. The number of carbonyl (C=O) groups is 1. The Morgan fingerprint density at radius 1 is 1.20 bits per heavy atom. The van der Waals surface area contributed by atoms with Crippen LogP contribution in [-0.4, -0.2) is 17.9 Å². The molecule has 1 amide bonds. The molecule has 2 rings (SSSR count). The molecule has 0 heterocycles. The monoisotopic (exact) mass is 332 g/mol. The minimum atomic E-state index is -0.0160. The number of benzene rings is 2. The lowest BCUT2D eigenvalue weighted by atomic mass is 10.1. The second kappa shape index (κ2) is 6.09. The fraction of sp³-hybridized carbons (Fsp3) is 0.188. The van der Waals surface area contributed by atoms with Gasteiger partial charge in [0, 0.05) is 29.3 Å². The van der Waals surface area contributed by atoms with E-state index < -0.39 is 0 Å². The zero-order valence-corrected chi connectivity index (χ0v) is 13.1. The Morgan fingerprint density at radius 2 is 1.85 bits per heavy atom. The topological polar surface area (TPSA) is 46.3 Å². The van der Waals surface area contributed by atoms with E-state index in [1.807, 2.05) is 37.3 Å². The number of aryl methyl sites for hydroxylation is 1. The van der Waals surface area contributed by atoms with Gasteiger partial charge < -0.3 is 10.6 Å². The third kappa shape index (κ3) is 3.39. The van der Waals surface area contributed by atoms with Gasteiger partial charge in [0.1, 0.15) is 0 Å². The van der Waals surface area contributed by atoms with Crippen molar-refractivity contribution in [3.8, 4) is 0 Å². The highest BCUT2D eigenvalue weighted by molar-refractivity contribution is 9.10. The summed E-state index contributed by atoms with van der Waals surface area (Å²) in [7, 11) is 1.80. The summed E-state index contributed by atoms with van der Waals surface area (Å²) >= 11 is 3.40. The van der Waals surface area contributed by atoms with Crippen LogP contribution in [0.4, 0.5) is 5.69 Å². The van der Waals surface area contributed by atoms with Gasteiger partial charge in [-0.25, -0.2) is 0 Å². The molecular weight excluding hydrogens is 316 g/mol. The number of nitrogens with two attached hydrogens (primary N) is 1. The standard InChI is InChI=1S/C16H17BrN2O/c1-11-3-8-14(18)9-15(11)16(20)19(2)10-12-4-6-13(17)7-5-12/h3-9H,10,18H2,1-2H3. The van der Waals surface area contributed by atoms with Gasteiger partial charge in [0.15, 0.2) is 0 Å². The van der Waals surface area contributed by atoms with Gasteiger partial charge in [0.2, 0.25) is 0 Å². The Morgan fingerprint density at radius 3 is 2.50 bits per heavy atom. The highest BCUT2D eigenvalue weighted by Crippen LogP contribution is 2.17. The lowest BCUT2D eigenvalue weighted by Crippen LogP contribution is -2.26. The van der Waals surface area contributed by atoms with Gasteiger partial charge in [-0.3, -0.25) is 4.79 Å². The third-order valence-electron chi connectivity index (χ3n) is 3.17. The average Bonchev–Trinajstić information content (AvgIpc) is 2.43. The maximum absolute atomic E-state index is 12.5. The molecular formula is C16H17BrN2O. The first-order valence-electron chi connectivity index (χ1n) is 6.33. The fourth-order valence-corrected chi connectivity index (χ4v) is 2.28. The Kier molecular flexibility index (Phi) is 4.45. The molecule has 0 bridgehead atoms. The maximum atomic E-state index is 12.5. The summed E-state index contributed by atoms with van der Waals surface area (Å²) in [6, 6.07) is 13.4. The predicted octanol–water partition coefficient (Wildman–Crippen LogP) is 3.61. The zero-order valence-electron chi connectivity index (χ0n) is 11.6. The smallest absolute Gasteiger partial charge is 0.254 e. The van der Waals surface area contributed by atoms with Gasteiger partial charge >= 0.3 is 0 Å². The summed E-state index contributed by atoms with van der Waals surface area (Å²) in [6.45, 7) is 2.49. The van der Waals surface area contributed by atoms with Crippen molar-refractivity contribution in [3.05, 3.63) is 63.6 Å². The molecule has 0 saturated carbocycles. The van der Waals surface area contributed by atoms with Crippen LogP contribution >= 0.6 is 15.9 Å². The number of hydrogen-bond acceptors (Lipinski definition) is 2. The zero-order chi connectivity index (χ0) is 14.7. The summed E-state index contributed by atoms with van der Waals surface area (Å²) in [5.74, 6) is -0.0160. The first-order valence-corrected chi connectivity index (χ1v) is 7.12. The van der Waals surface area contributed by atoms with Crippen LogP contribution in [0.25, 0.3) is 0 Å². The molecule has 0 spiro atoms. The number of anilines is 1. The van der Waals surface area contributed by atoms with Crippen molar-refractivity contribution in [2.45, 2.75) is 13.5 Å². The lowest BCUT2D eigenvalue weighted by molar-refractivity contribution is 0.0784. The average molecular weight is 333 g/mol. The van der Waals surface area contributed by atoms with Gasteiger partial charge in [-0.2, -0.15) is 0 Å². The van der Waals surface area contributed by atoms with E-state index in [4.69, 9.17) is 5.73 Å². The maximum Gasteiger partial charge on any atom is 0.254 e. The summed E-state index contributed by atoms with van der Waals surface area (Å²) in [5.41, 5.74) is 9.05. The Hall–Kier alpha value is -1.81. The highest BCUT2D eigenvalue weighted by Gasteiger charge is 2.14. The van der Waals surface area contributed by atoms with Crippen molar-refractivity contribution in [2.24, 2.45) is 0 Å². The van der Waals surface area contributed by atoms with E-state index in [0.717, 1.165) is 15.6 Å².